The van der Waals surface area contributed by atoms with Gasteiger partial charge in [0.2, 0.25) is 0 Å². The second-order valence-electron chi connectivity index (χ2n) is 13.8. The first kappa shape index (κ1) is 38.9. The van der Waals surface area contributed by atoms with E-state index in [-0.39, 0.29) is 7.43 Å². The molecule has 0 spiro atoms. The number of halogens is 3. The van der Waals surface area contributed by atoms with Crippen molar-refractivity contribution in [2.24, 2.45) is 0 Å². The molecule has 0 saturated carbocycles. The fourth-order valence-corrected chi connectivity index (χ4v) is 8.71. The minimum atomic E-state index is -1.34. The summed E-state index contributed by atoms with van der Waals surface area (Å²) in [5.74, 6) is 0. The lowest BCUT2D eigenvalue weighted by molar-refractivity contribution is 0.426. The summed E-state index contributed by atoms with van der Waals surface area (Å²) in [6.45, 7) is 0. The van der Waals surface area contributed by atoms with E-state index in [0.29, 0.717) is 5.46 Å². The lowest BCUT2D eigenvalue weighted by atomic mass is 9.81. The number of rotatable bonds is 2. The van der Waals surface area contributed by atoms with Gasteiger partial charge in [-0.3, -0.25) is 0 Å². The van der Waals surface area contributed by atoms with Crippen molar-refractivity contribution >= 4 is 148 Å². The van der Waals surface area contributed by atoms with Crippen LogP contribution in [0.1, 0.15) is 7.43 Å². The molecule has 0 bridgehead atoms. The Labute approximate surface area is 363 Å². The van der Waals surface area contributed by atoms with Crippen molar-refractivity contribution in [3.63, 3.8) is 0 Å². The Balaban J connectivity index is 0.000000126. The van der Waals surface area contributed by atoms with E-state index in [1.54, 1.807) is 24.3 Å². The van der Waals surface area contributed by atoms with Crippen LogP contribution in [0.5, 0.6) is 0 Å². The van der Waals surface area contributed by atoms with Crippen molar-refractivity contribution in [1.82, 2.24) is 0 Å². The van der Waals surface area contributed by atoms with E-state index >= 15 is 0 Å². The van der Waals surface area contributed by atoms with Gasteiger partial charge >= 0.3 is 7.12 Å². The highest BCUT2D eigenvalue weighted by Crippen LogP contribution is 2.43. The van der Waals surface area contributed by atoms with Crippen molar-refractivity contribution in [2.75, 3.05) is 0 Å². The Hall–Kier alpha value is -5.62. The predicted octanol–water partition coefficient (Wildman–Crippen LogP) is 14.9. The van der Waals surface area contributed by atoms with Crippen molar-refractivity contribution in [2.45, 2.75) is 7.43 Å². The minimum Gasteiger partial charge on any atom is -0.456 e. The molecule has 4 heterocycles. The average Bonchev–Trinajstić information content (AvgIpc) is 4.01. The van der Waals surface area contributed by atoms with E-state index in [1.807, 2.05) is 72.8 Å². The van der Waals surface area contributed by atoms with Crippen LogP contribution in [0.3, 0.4) is 0 Å². The maximum atomic E-state index is 8.58. The Morgan fingerprint density at radius 2 is 0.661 bits per heavy atom. The predicted molar refractivity (Wildman–Crippen MR) is 254 cm³/mol. The molecule has 0 atom stereocenters. The molecule has 0 radical (unpaired) electrons. The number of benzene rings is 8. The van der Waals surface area contributed by atoms with Gasteiger partial charge in [-0.05, 0) is 108 Å². The molecule has 0 saturated heterocycles. The van der Waals surface area contributed by atoms with Gasteiger partial charge in [0.05, 0.1) is 0 Å². The molecule has 0 aliphatic rings. The topological polar surface area (TPSA) is 93.0 Å². The van der Waals surface area contributed by atoms with E-state index in [9.17, 15) is 0 Å². The molecule has 0 aliphatic carbocycles. The second-order valence-corrected chi connectivity index (χ2v) is 16.6. The van der Waals surface area contributed by atoms with Crippen LogP contribution in [-0.2, 0) is 0 Å². The third kappa shape index (κ3) is 7.15. The molecular formula is C49H32BBr3O6. The first-order chi connectivity index (χ1) is 28.3. The van der Waals surface area contributed by atoms with Crippen LogP contribution in [0.4, 0.5) is 0 Å². The first-order valence-corrected chi connectivity index (χ1v) is 20.7. The lowest BCUT2D eigenvalue weighted by Crippen LogP contribution is -2.29. The molecular weight excluding hydrogens is 935 g/mol. The quantitative estimate of drug-likeness (QED) is 0.168. The van der Waals surface area contributed by atoms with Crippen LogP contribution in [0.15, 0.2) is 189 Å². The molecule has 6 nitrogen and oxygen atoms in total. The van der Waals surface area contributed by atoms with E-state index in [0.717, 1.165) is 101 Å². The van der Waals surface area contributed by atoms with Crippen molar-refractivity contribution in [1.29, 1.82) is 0 Å². The Bertz CT molecular complexity index is 3380. The summed E-state index contributed by atoms with van der Waals surface area (Å²) in [4.78, 5) is 0. The standard InChI is InChI=1S/C24H13BrO2.C18H8Br2O2.C6H7BO2.CH4/c25-16-7-9-20-18(13-16)24-22(27-20)11-10-21-23(24)17-12-15(6-8-19(17)26-21)14-4-2-1-3-5-14;19-9-1-3-13-11(7-9)17-15(21-13)5-6-16-18(17)12-8-10(20)2-4-14(12)22-16;8-7(9)6-4-2-1-3-5-6;/h1-13H;1-8H;1-5,8-9H;1H4. The highest BCUT2D eigenvalue weighted by molar-refractivity contribution is 9.11. The summed E-state index contributed by atoms with van der Waals surface area (Å²) in [6, 6.07) is 51.7. The van der Waals surface area contributed by atoms with Crippen molar-refractivity contribution in [3.8, 4) is 11.1 Å². The molecule has 0 amide bonds. The van der Waals surface area contributed by atoms with Crippen LogP contribution in [0.25, 0.3) is 98.9 Å². The van der Waals surface area contributed by atoms with E-state index in [2.05, 4.69) is 108 Å². The van der Waals surface area contributed by atoms with Gasteiger partial charge in [0, 0.05) is 56.5 Å². The maximum Gasteiger partial charge on any atom is 0.488 e. The van der Waals surface area contributed by atoms with Crippen LogP contribution >= 0.6 is 47.8 Å². The highest BCUT2D eigenvalue weighted by Gasteiger charge is 2.18. The summed E-state index contributed by atoms with van der Waals surface area (Å²) < 4.78 is 27.3. The van der Waals surface area contributed by atoms with Gasteiger partial charge in [-0.2, -0.15) is 0 Å². The molecule has 2 N–H and O–H groups in total. The third-order valence-electron chi connectivity index (χ3n) is 10.2. The van der Waals surface area contributed by atoms with Gasteiger partial charge < -0.3 is 27.7 Å². The molecule has 10 heteroatoms. The first-order valence-electron chi connectivity index (χ1n) is 18.3. The van der Waals surface area contributed by atoms with Crippen LogP contribution in [-0.4, -0.2) is 17.2 Å². The number of fused-ring (bicyclic) bond motifs is 14. The normalized spacial score (nSPS) is 11.3. The Morgan fingerprint density at radius 1 is 0.339 bits per heavy atom. The summed E-state index contributed by atoms with van der Waals surface area (Å²) in [5, 5.41) is 26.0. The second kappa shape index (κ2) is 15.9. The zero-order valence-corrected chi connectivity index (χ0v) is 35.0. The fraction of sp³-hybridized carbons (Fsp3) is 0.0204. The van der Waals surface area contributed by atoms with E-state index in [4.69, 9.17) is 27.7 Å². The van der Waals surface area contributed by atoms with Crippen LogP contribution < -0.4 is 5.46 Å². The molecule has 8 aromatic carbocycles. The summed E-state index contributed by atoms with van der Waals surface area (Å²) in [5.41, 5.74) is 9.95. The smallest absolute Gasteiger partial charge is 0.456 e. The van der Waals surface area contributed by atoms with Crippen LogP contribution in [0, 0.1) is 0 Å². The monoisotopic (exact) mass is 964 g/mol. The number of furan rings is 4. The van der Waals surface area contributed by atoms with E-state index < -0.39 is 7.12 Å². The molecule has 0 fully saturated rings. The average molecular weight is 967 g/mol. The Morgan fingerprint density at radius 3 is 1.02 bits per heavy atom. The molecule has 4 aromatic heterocycles. The SMILES string of the molecule is Brc1ccc2oc3ccc4oc5ccc(-c6ccccc6)cc5c4c3c2c1.Brc1ccc2oc3ccc4oc5ccc(Br)cc5c4c3c2c1.C.OB(O)c1ccccc1. The molecule has 12 rings (SSSR count). The largest absolute Gasteiger partial charge is 0.488 e. The van der Waals surface area contributed by atoms with Gasteiger partial charge in [0.15, 0.2) is 0 Å². The van der Waals surface area contributed by atoms with Crippen molar-refractivity contribution in [3.05, 3.63) is 171 Å². The molecule has 288 valence electrons. The lowest BCUT2D eigenvalue weighted by Gasteiger charge is -2.01. The fourth-order valence-electron chi connectivity index (χ4n) is 7.62. The van der Waals surface area contributed by atoms with Gasteiger partial charge in [-0.1, -0.05) is 122 Å². The van der Waals surface area contributed by atoms with Gasteiger partial charge in [0.25, 0.3) is 0 Å². The summed E-state index contributed by atoms with van der Waals surface area (Å²) in [7, 11) is -1.34. The summed E-state index contributed by atoms with van der Waals surface area (Å²) >= 11 is 10.7. The summed E-state index contributed by atoms with van der Waals surface area (Å²) in [6.07, 6.45) is 0. The molecule has 12 aromatic rings. The van der Waals surface area contributed by atoms with E-state index in [1.165, 1.54) is 11.1 Å². The Kier molecular flexibility index (Phi) is 10.5. The zero-order valence-electron chi connectivity index (χ0n) is 30.2. The number of hydrogen-bond acceptors (Lipinski definition) is 6. The molecule has 0 unspecified atom stereocenters. The zero-order chi connectivity index (χ0) is 39.5. The molecule has 0 aliphatic heterocycles. The van der Waals surface area contributed by atoms with Crippen LogP contribution in [0.2, 0.25) is 0 Å². The van der Waals surface area contributed by atoms with Gasteiger partial charge in [-0.15, -0.1) is 0 Å². The minimum absolute atomic E-state index is 0. The molecule has 59 heavy (non-hydrogen) atoms. The van der Waals surface area contributed by atoms with Gasteiger partial charge in [-0.25, -0.2) is 0 Å². The van der Waals surface area contributed by atoms with Gasteiger partial charge in [0.1, 0.15) is 44.7 Å². The van der Waals surface area contributed by atoms with Crippen molar-refractivity contribution < 1.29 is 27.7 Å². The highest BCUT2D eigenvalue weighted by atomic mass is 79.9. The maximum absolute atomic E-state index is 8.58. The third-order valence-corrected chi connectivity index (χ3v) is 11.7. The number of hydrogen-bond donors (Lipinski definition) is 2.